The minimum absolute atomic E-state index is 0.0861. The zero-order valence-electron chi connectivity index (χ0n) is 22.7. The van der Waals surface area contributed by atoms with Crippen molar-refractivity contribution in [2.24, 2.45) is 0 Å². The van der Waals surface area contributed by atoms with Gasteiger partial charge in [-0.15, -0.1) is 0 Å². The predicted octanol–water partition coefficient (Wildman–Crippen LogP) is 6.85. The van der Waals surface area contributed by atoms with Gasteiger partial charge in [0.25, 0.3) is 5.91 Å². The summed E-state index contributed by atoms with van der Waals surface area (Å²) < 4.78 is 17.0. The van der Waals surface area contributed by atoms with E-state index in [1.807, 2.05) is 25.1 Å². The smallest absolute Gasteiger partial charge is 0.338 e. The number of benzene rings is 4. The van der Waals surface area contributed by atoms with Crippen LogP contribution >= 0.6 is 0 Å². The molecule has 0 atom stereocenters. The monoisotopic (exact) mass is 534 g/mol. The SMILES string of the molecule is CCOC(=O)c1ccc(NC(=O)/C(C#N)=C/c2ccc(OCc3c(C)ccc4ccccc34)c(OCC)c2)cc1. The third kappa shape index (κ3) is 6.66. The summed E-state index contributed by atoms with van der Waals surface area (Å²) in [6.07, 6.45) is 1.49. The molecular formula is C33H30N2O5. The van der Waals surface area contributed by atoms with E-state index in [1.165, 1.54) is 6.08 Å². The van der Waals surface area contributed by atoms with E-state index >= 15 is 0 Å². The molecule has 7 heteroatoms. The number of nitriles is 1. The first-order chi connectivity index (χ1) is 19.4. The Balaban J connectivity index is 1.51. The number of amides is 1. The highest BCUT2D eigenvalue weighted by Crippen LogP contribution is 2.32. The van der Waals surface area contributed by atoms with E-state index in [2.05, 4.69) is 36.5 Å². The van der Waals surface area contributed by atoms with E-state index in [-0.39, 0.29) is 12.2 Å². The summed E-state index contributed by atoms with van der Waals surface area (Å²) in [5, 5.41) is 14.6. The largest absolute Gasteiger partial charge is 0.490 e. The fraction of sp³-hybridized carbons (Fsp3) is 0.182. The summed E-state index contributed by atoms with van der Waals surface area (Å²) in [5.74, 6) is 0.0660. The van der Waals surface area contributed by atoms with Gasteiger partial charge in [-0.1, -0.05) is 42.5 Å². The Morgan fingerprint density at radius 3 is 2.40 bits per heavy atom. The summed E-state index contributed by atoms with van der Waals surface area (Å²) in [6, 6.07) is 25.9. The first kappa shape index (κ1) is 27.9. The minimum Gasteiger partial charge on any atom is -0.490 e. The molecule has 0 aromatic heterocycles. The lowest BCUT2D eigenvalue weighted by molar-refractivity contribution is -0.112. The lowest BCUT2D eigenvalue weighted by Gasteiger charge is -2.15. The summed E-state index contributed by atoms with van der Waals surface area (Å²) in [6.45, 7) is 6.73. The van der Waals surface area contributed by atoms with Gasteiger partial charge in [-0.25, -0.2) is 4.79 Å². The highest BCUT2D eigenvalue weighted by atomic mass is 16.5. The molecule has 7 nitrogen and oxygen atoms in total. The highest BCUT2D eigenvalue weighted by Gasteiger charge is 2.14. The molecule has 1 N–H and O–H groups in total. The van der Waals surface area contributed by atoms with Crippen LogP contribution in [0.25, 0.3) is 16.8 Å². The van der Waals surface area contributed by atoms with Crippen molar-refractivity contribution in [1.82, 2.24) is 0 Å². The fourth-order valence-corrected chi connectivity index (χ4v) is 4.21. The van der Waals surface area contributed by atoms with Gasteiger partial charge < -0.3 is 19.5 Å². The van der Waals surface area contributed by atoms with Crippen molar-refractivity contribution >= 4 is 34.4 Å². The van der Waals surface area contributed by atoms with Crippen LogP contribution in [0.4, 0.5) is 5.69 Å². The molecule has 0 saturated carbocycles. The Kier molecular flexibility index (Phi) is 9.16. The lowest BCUT2D eigenvalue weighted by Crippen LogP contribution is -2.13. The Hall–Kier alpha value is -5.09. The van der Waals surface area contributed by atoms with Gasteiger partial charge in [-0.3, -0.25) is 4.79 Å². The molecule has 0 bridgehead atoms. The quantitative estimate of drug-likeness (QED) is 0.136. The number of anilines is 1. The molecule has 40 heavy (non-hydrogen) atoms. The zero-order valence-corrected chi connectivity index (χ0v) is 22.7. The third-order valence-electron chi connectivity index (χ3n) is 6.24. The Morgan fingerprint density at radius 1 is 0.900 bits per heavy atom. The normalized spacial score (nSPS) is 11.0. The van der Waals surface area contributed by atoms with Crippen molar-refractivity contribution in [3.63, 3.8) is 0 Å². The van der Waals surface area contributed by atoms with Gasteiger partial charge in [0.15, 0.2) is 11.5 Å². The maximum atomic E-state index is 12.8. The van der Waals surface area contributed by atoms with Crippen LogP contribution in [0.2, 0.25) is 0 Å². The standard InChI is InChI=1S/C33H30N2O5/c1-4-38-31-19-23(11-17-30(31)40-21-29-22(3)10-12-24-8-6-7-9-28(24)29)18-26(20-34)32(36)35-27-15-13-25(14-16-27)33(37)39-5-2/h6-19H,4-5,21H2,1-3H3,(H,35,36)/b26-18+. The fourth-order valence-electron chi connectivity index (χ4n) is 4.21. The van der Waals surface area contributed by atoms with E-state index in [9.17, 15) is 14.9 Å². The number of rotatable bonds is 10. The molecule has 0 heterocycles. The Labute approximate surface area is 233 Å². The number of ether oxygens (including phenoxy) is 3. The number of esters is 1. The van der Waals surface area contributed by atoms with Crippen molar-refractivity contribution < 1.29 is 23.8 Å². The van der Waals surface area contributed by atoms with E-state index < -0.39 is 11.9 Å². The van der Waals surface area contributed by atoms with Gasteiger partial charge in [-0.05, 0) is 85.1 Å². The maximum Gasteiger partial charge on any atom is 0.338 e. The molecule has 0 unspecified atom stereocenters. The molecule has 0 spiro atoms. The molecule has 4 rings (SSSR count). The van der Waals surface area contributed by atoms with Crippen LogP contribution in [-0.2, 0) is 16.1 Å². The number of aryl methyl sites for hydroxylation is 1. The molecule has 0 aliphatic carbocycles. The van der Waals surface area contributed by atoms with Gasteiger partial charge in [0.1, 0.15) is 18.2 Å². The molecule has 1 amide bonds. The number of nitrogens with zero attached hydrogens (tertiary/aromatic N) is 1. The van der Waals surface area contributed by atoms with Crippen molar-refractivity contribution in [2.45, 2.75) is 27.4 Å². The van der Waals surface area contributed by atoms with Crippen LogP contribution in [0.5, 0.6) is 11.5 Å². The predicted molar refractivity (Wildman–Crippen MR) is 155 cm³/mol. The van der Waals surface area contributed by atoms with Gasteiger partial charge in [0.05, 0.1) is 18.8 Å². The second-order valence-corrected chi connectivity index (χ2v) is 8.93. The van der Waals surface area contributed by atoms with Crippen LogP contribution in [0.1, 0.15) is 40.9 Å². The molecule has 0 fully saturated rings. The number of hydrogen-bond acceptors (Lipinski definition) is 6. The van der Waals surface area contributed by atoms with Gasteiger partial charge in [-0.2, -0.15) is 5.26 Å². The molecule has 4 aromatic carbocycles. The molecule has 4 aromatic rings. The highest BCUT2D eigenvalue weighted by molar-refractivity contribution is 6.09. The molecule has 202 valence electrons. The van der Waals surface area contributed by atoms with Crippen LogP contribution in [0, 0.1) is 18.3 Å². The Bertz CT molecular complexity index is 1600. The molecule has 0 saturated heterocycles. The van der Waals surface area contributed by atoms with E-state index in [0.717, 1.165) is 21.9 Å². The van der Waals surface area contributed by atoms with Crippen molar-refractivity contribution in [3.8, 4) is 17.6 Å². The lowest BCUT2D eigenvalue weighted by atomic mass is 10.0. The van der Waals surface area contributed by atoms with Crippen LogP contribution in [-0.4, -0.2) is 25.1 Å². The van der Waals surface area contributed by atoms with Gasteiger partial charge in [0.2, 0.25) is 0 Å². The summed E-state index contributed by atoms with van der Waals surface area (Å²) in [4.78, 5) is 24.6. The third-order valence-corrected chi connectivity index (χ3v) is 6.24. The molecule has 0 aliphatic heterocycles. The second-order valence-electron chi connectivity index (χ2n) is 8.93. The van der Waals surface area contributed by atoms with Crippen LogP contribution in [0.15, 0.2) is 84.4 Å². The molecule has 0 aliphatic rings. The summed E-state index contributed by atoms with van der Waals surface area (Å²) in [7, 11) is 0. The number of fused-ring (bicyclic) bond motifs is 1. The van der Waals surface area contributed by atoms with Gasteiger partial charge >= 0.3 is 5.97 Å². The number of carbonyl (C=O) groups excluding carboxylic acids is 2. The first-order valence-corrected chi connectivity index (χ1v) is 13.0. The van der Waals surface area contributed by atoms with Crippen molar-refractivity contribution in [3.05, 3.63) is 107 Å². The number of hydrogen-bond donors (Lipinski definition) is 1. The summed E-state index contributed by atoms with van der Waals surface area (Å²) >= 11 is 0. The van der Waals surface area contributed by atoms with E-state index in [0.29, 0.717) is 41.5 Å². The van der Waals surface area contributed by atoms with Crippen LogP contribution in [0.3, 0.4) is 0 Å². The number of carbonyl (C=O) groups is 2. The average Bonchev–Trinajstić information content (AvgIpc) is 2.96. The number of nitrogens with one attached hydrogen (secondary N) is 1. The maximum absolute atomic E-state index is 12.8. The van der Waals surface area contributed by atoms with Gasteiger partial charge in [0, 0.05) is 11.3 Å². The molecule has 0 radical (unpaired) electrons. The zero-order chi connectivity index (χ0) is 28.5. The molecular weight excluding hydrogens is 504 g/mol. The first-order valence-electron chi connectivity index (χ1n) is 13.0. The van der Waals surface area contributed by atoms with Crippen molar-refractivity contribution in [1.29, 1.82) is 5.26 Å². The summed E-state index contributed by atoms with van der Waals surface area (Å²) in [5.41, 5.74) is 3.58. The second kappa shape index (κ2) is 13.1. The van der Waals surface area contributed by atoms with Crippen molar-refractivity contribution in [2.75, 3.05) is 18.5 Å². The van der Waals surface area contributed by atoms with E-state index in [1.54, 1.807) is 49.4 Å². The Morgan fingerprint density at radius 2 is 1.68 bits per heavy atom. The van der Waals surface area contributed by atoms with E-state index in [4.69, 9.17) is 14.2 Å². The topological polar surface area (TPSA) is 97.7 Å². The average molecular weight is 535 g/mol. The van der Waals surface area contributed by atoms with Crippen LogP contribution < -0.4 is 14.8 Å². The minimum atomic E-state index is -0.573.